The molecule has 0 aromatic heterocycles. The molecular formula is C7H5ClF2O. The minimum absolute atomic E-state index is 0.0530. The van der Waals surface area contributed by atoms with Crippen molar-refractivity contribution >= 4 is 11.6 Å². The van der Waals surface area contributed by atoms with Gasteiger partial charge in [0.05, 0.1) is 5.02 Å². The molecule has 0 radical (unpaired) electrons. The molecule has 0 bridgehead atoms. The number of halogens is 3. The number of phenols is 1. The Labute approximate surface area is 67.2 Å². The summed E-state index contributed by atoms with van der Waals surface area (Å²) >= 11 is 5.37. The first-order chi connectivity index (χ1) is 5.11. The van der Waals surface area contributed by atoms with Crippen molar-refractivity contribution in [1.29, 1.82) is 0 Å². The summed E-state index contributed by atoms with van der Waals surface area (Å²) in [6, 6.07) is 3.32. The molecule has 1 aromatic carbocycles. The topological polar surface area (TPSA) is 20.2 Å². The maximum atomic E-state index is 11.9. The highest BCUT2D eigenvalue weighted by Gasteiger charge is 2.08. The van der Waals surface area contributed by atoms with Crippen LogP contribution in [0.5, 0.6) is 5.75 Å². The van der Waals surface area contributed by atoms with Crippen molar-refractivity contribution in [2.75, 3.05) is 0 Å². The predicted molar refractivity (Wildman–Crippen MR) is 38.1 cm³/mol. The van der Waals surface area contributed by atoms with E-state index in [9.17, 15) is 8.78 Å². The summed E-state index contributed by atoms with van der Waals surface area (Å²) < 4.78 is 23.9. The van der Waals surface area contributed by atoms with Gasteiger partial charge in [0, 0.05) is 5.56 Å². The van der Waals surface area contributed by atoms with Gasteiger partial charge in [-0.25, -0.2) is 8.78 Å². The van der Waals surface area contributed by atoms with Gasteiger partial charge < -0.3 is 5.11 Å². The van der Waals surface area contributed by atoms with Crippen molar-refractivity contribution in [2.24, 2.45) is 0 Å². The smallest absolute Gasteiger partial charge is 0.263 e. The highest BCUT2D eigenvalue weighted by atomic mass is 35.5. The molecule has 0 heterocycles. The van der Waals surface area contributed by atoms with Crippen molar-refractivity contribution in [2.45, 2.75) is 6.43 Å². The van der Waals surface area contributed by atoms with Gasteiger partial charge in [-0.1, -0.05) is 11.6 Å². The van der Waals surface area contributed by atoms with Crippen LogP contribution in [0.2, 0.25) is 5.02 Å². The van der Waals surface area contributed by atoms with Crippen molar-refractivity contribution in [1.82, 2.24) is 0 Å². The molecule has 1 aromatic rings. The van der Waals surface area contributed by atoms with Gasteiger partial charge in [-0.2, -0.15) is 0 Å². The molecule has 0 aliphatic heterocycles. The molecule has 0 amide bonds. The van der Waals surface area contributed by atoms with E-state index < -0.39 is 6.43 Å². The van der Waals surface area contributed by atoms with Gasteiger partial charge in [0.15, 0.2) is 0 Å². The number of phenolic OH excluding ortho intramolecular Hbond substituents is 1. The van der Waals surface area contributed by atoms with Crippen LogP contribution in [0.1, 0.15) is 12.0 Å². The quantitative estimate of drug-likeness (QED) is 0.701. The Balaban J connectivity index is 3.05. The summed E-state index contributed by atoms with van der Waals surface area (Å²) in [6.45, 7) is 0. The van der Waals surface area contributed by atoms with E-state index in [2.05, 4.69) is 0 Å². The van der Waals surface area contributed by atoms with Crippen LogP contribution in [0.3, 0.4) is 0 Å². The van der Waals surface area contributed by atoms with Gasteiger partial charge in [0.25, 0.3) is 6.43 Å². The first-order valence-corrected chi connectivity index (χ1v) is 3.25. The van der Waals surface area contributed by atoms with E-state index in [4.69, 9.17) is 16.7 Å². The van der Waals surface area contributed by atoms with E-state index in [1.165, 1.54) is 0 Å². The largest absolute Gasteiger partial charge is 0.506 e. The molecule has 0 spiro atoms. The first kappa shape index (κ1) is 8.27. The molecule has 4 heteroatoms. The fourth-order valence-corrected chi connectivity index (χ4v) is 0.848. The summed E-state index contributed by atoms with van der Waals surface area (Å²) in [7, 11) is 0. The number of hydrogen-bond acceptors (Lipinski definition) is 1. The molecule has 0 aliphatic rings. The van der Waals surface area contributed by atoms with Gasteiger partial charge in [0.1, 0.15) is 5.75 Å². The van der Waals surface area contributed by atoms with Gasteiger partial charge in [-0.3, -0.25) is 0 Å². The van der Waals surface area contributed by atoms with Crippen LogP contribution in [-0.4, -0.2) is 5.11 Å². The number of hydrogen-bond donors (Lipinski definition) is 1. The Bertz CT molecular complexity index is 263. The maximum absolute atomic E-state index is 11.9. The Kier molecular flexibility index (Phi) is 2.29. The van der Waals surface area contributed by atoms with E-state index in [1.807, 2.05) is 0 Å². The number of rotatable bonds is 1. The minimum atomic E-state index is -2.55. The molecule has 0 saturated carbocycles. The lowest BCUT2D eigenvalue weighted by molar-refractivity contribution is 0.151. The number of alkyl halides is 2. The minimum Gasteiger partial charge on any atom is -0.506 e. The van der Waals surface area contributed by atoms with Crippen molar-refractivity contribution in [3.05, 3.63) is 28.8 Å². The Hall–Kier alpha value is -0.830. The second-order valence-corrected chi connectivity index (χ2v) is 2.42. The van der Waals surface area contributed by atoms with E-state index in [0.29, 0.717) is 0 Å². The van der Waals surface area contributed by atoms with Gasteiger partial charge in [-0.15, -0.1) is 0 Å². The van der Waals surface area contributed by atoms with Crippen LogP contribution in [0, 0.1) is 0 Å². The molecular weight excluding hydrogens is 174 g/mol. The zero-order valence-corrected chi connectivity index (χ0v) is 6.15. The molecule has 0 aliphatic carbocycles. The van der Waals surface area contributed by atoms with Crippen LogP contribution in [-0.2, 0) is 0 Å². The van der Waals surface area contributed by atoms with Crippen molar-refractivity contribution in [3.63, 3.8) is 0 Å². The van der Waals surface area contributed by atoms with Gasteiger partial charge in [0.2, 0.25) is 0 Å². The molecule has 1 rings (SSSR count). The zero-order valence-electron chi connectivity index (χ0n) is 5.39. The average Bonchev–Trinajstić information content (AvgIpc) is 1.94. The summed E-state index contributed by atoms with van der Waals surface area (Å²) in [5.41, 5.74) is -0.187. The summed E-state index contributed by atoms with van der Waals surface area (Å²) in [4.78, 5) is 0. The Morgan fingerprint density at radius 1 is 1.36 bits per heavy atom. The van der Waals surface area contributed by atoms with Crippen molar-refractivity contribution in [3.8, 4) is 5.75 Å². The van der Waals surface area contributed by atoms with E-state index in [1.54, 1.807) is 0 Å². The third-order valence-corrected chi connectivity index (χ3v) is 1.53. The monoisotopic (exact) mass is 178 g/mol. The lowest BCUT2D eigenvalue weighted by Gasteiger charge is -2.00. The number of aromatic hydroxyl groups is 1. The van der Waals surface area contributed by atoms with Crippen LogP contribution >= 0.6 is 11.6 Å². The molecule has 60 valence electrons. The SMILES string of the molecule is Oc1ccc(C(F)F)cc1Cl. The van der Waals surface area contributed by atoms with Crippen LogP contribution in [0.15, 0.2) is 18.2 Å². The predicted octanol–water partition coefficient (Wildman–Crippen LogP) is 2.98. The second kappa shape index (κ2) is 3.05. The highest BCUT2D eigenvalue weighted by Crippen LogP contribution is 2.28. The van der Waals surface area contributed by atoms with Gasteiger partial charge in [-0.05, 0) is 18.2 Å². The third-order valence-electron chi connectivity index (χ3n) is 1.22. The maximum Gasteiger partial charge on any atom is 0.263 e. The third kappa shape index (κ3) is 1.80. The highest BCUT2D eigenvalue weighted by molar-refractivity contribution is 6.32. The molecule has 1 nitrogen and oxygen atoms in total. The lowest BCUT2D eigenvalue weighted by Crippen LogP contribution is -1.82. The van der Waals surface area contributed by atoms with Crippen LogP contribution in [0.4, 0.5) is 8.78 Å². The van der Waals surface area contributed by atoms with E-state index >= 15 is 0 Å². The molecule has 0 saturated heterocycles. The Morgan fingerprint density at radius 2 is 2.00 bits per heavy atom. The standard InChI is InChI=1S/C7H5ClF2O/c8-5-3-4(7(9)10)1-2-6(5)11/h1-3,7,11H. The average molecular weight is 179 g/mol. The fourth-order valence-electron chi connectivity index (χ4n) is 0.659. The summed E-state index contributed by atoms with van der Waals surface area (Å²) in [5, 5.41) is 8.80. The normalized spacial score (nSPS) is 10.5. The lowest BCUT2D eigenvalue weighted by atomic mass is 10.2. The first-order valence-electron chi connectivity index (χ1n) is 2.88. The Morgan fingerprint density at radius 3 is 2.45 bits per heavy atom. The number of benzene rings is 1. The van der Waals surface area contributed by atoms with Crippen LogP contribution in [0.25, 0.3) is 0 Å². The molecule has 0 fully saturated rings. The van der Waals surface area contributed by atoms with Gasteiger partial charge >= 0.3 is 0 Å². The molecule has 1 N–H and O–H groups in total. The van der Waals surface area contributed by atoms with E-state index in [0.717, 1.165) is 18.2 Å². The molecule has 0 atom stereocenters. The fraction of sp³-hybridized carbons (Fsp3) is 0.143. The second-order valence-electron chi connectivity index (χ2n) is 2.01. The molecule has 0 unspecified atom stereocenters. The van der Waals surface area contributed by atoms with Crippen LogP contribution < -0.4 is 0 Å². The summed E-state index contributed by atoms with van der Waals surface area (Å²) in [5.74, 6) is -0.184. The van der Waals surface area contributed by atoms with Crippen molar-refractivity contribution < 1.29 is 13.9 Å². The molecule has 11 heavy (non-hydrogen) atoms. The zero-order chi connectivity index (χ0) is 8.43. The summed E-state index contributed by atoms with van der Waals surface area (Å²) in [6.07, 6.45) is -2.55. The van der Waals surface area contributed by atoms with E-state index in [-0.39, 0.29) is 16.3 Å².